The van der Waals surface area contributed by atoms with Gasteiger partial charge < -0.3 is 14.2 Å². The molecule has 2 aromatic rings. The number of carbonyl (C=O) groups is 2. The number of hydrogen-bond donors (Lipinski definition) is 0. The lowest BCUT2D eigenvalue weighted by Gasteiger charge is -2.23. The summed E-state index contributed by atoms with van der Waals surface area (Å²) in [5, 5.41) is 3.93. The number of esters is 1. The van der Waals surface area contributed by atoms with Crippen LogP contribution in [0.5, 0.6) is 0 Å². The predicted molar refractivity (Wildman–Crippen MR) is 128 cm³/mol. The molecule has 0 unspecified atom stereocenters. The van der Waals surface area contributed by atoms with Gasteiger partial charge in [0.25, 0.3) is 11.7 Å². The van der Waals surface area contributed by atoms with Crippen molar-refractivity contribution >= 4 is 11.9 Å². The van der Waals surface area contributed by atoms with Crippen molar-refractivity contribution < 1.29 is 18.8 Å². The quantitative estimate of drug-likeness (QED) is 0.434. The molecule has 0 spiro atoms. The molecular formula is C26H38N4O4. The standard InChI is InChI=1S/C26H38N4O4/c1-26(2,3)33-22(31)17-20(14-10-13-19-11-6-5-7-12-19)24-28-23(29-34-24)25(32)30(4)18-21-15-8-9-16-27-21/h8-9,15-16,19-20H,5-7,10-14,17-18H2,1-4H3/t20-/m1/s1. The molecule has 1 aliphatic rings. The first-order chi connectivity index (χ1) is 16.2. The van der Waals surface area contributed by atoms with Gasteiger partial charge in [-0.05, 0) is 45.2 Å². The molecule has 34 heavy (non-hydrogen) atoms. The van der Waals surface area contributed by atoms with Crippen molar-refractivity contribution in [1.29, 1.82) is 0 Å². The molecule has 2 heterocycles. The largest absolute Gasteiger partial charge is 0.460 e. The average molecular weight is 471 g/mol. The van der Waals surface area contributed by atoms with Crippen LogP contribution in [0.15, 0.2) is 28.9 Å². The van der Waals surface area contributed by atoms with Crippen LogP contribution in [-0.2, 0) is 16.1 Å². The Kier molecular flexibility index (Phi) is 9.19. The lowest BCUT2D eigenvalue weighted by molar-refractivity contribution is -0.155. The number of hydrogen-bond acceptors (Lipinski definition) is 7. The van der Waals surface area contributed by atoms with Crippen molar-refractivity contribution in [3.8, 4) is 0 Å². The molecule has 0 saturated heterocycles. The van der Waals surface area contributed by atoms with Gasteiger partial charge in [-0.2, -0.15) is 4.98 Å². The topological polar surface area (TPSA) is 98.4 Å². The molecule has 1 saturated carbocycles. The van der Waals surface area contributed by atoms with Crippen LogP contribution >= 0.6 is 0 Å². The van der Waals surface area contributed by atoms with E-state index in [9.17, 15) is 9.59 Å². The predicted octanol–water partition coefficient (Wildman–Crippen LogP) is 5.30. The van der Waals surface area contributed by atoms with Crippen LogP contribution in [0.3, 0.4) is 0 Å². The smallest absolute Gasteiger partial charge is 0.307 e. The Labute approximate surface area is 202 Å². The molecule has 8 nitrogen and oxygen atoms in total. The van der Waals surface area contributed by atoms with Crippen molar-refractivity contribution in [2.45, 2.75) is 96.6 Å². The maximum absolute atomic E-state index is 12.8. The van der Waals surface area contributed by atoms with E-state index in [4.69, 9.17) is 9.26 Å². The van der Waals surface area contributed by atoms with Crippen molar-refractivity contribution in [1.82, 2.24) is 20.0 Å². The first-order valence-corrected chi connectivity index (χ1v) is 12.4. The average Bonchev–Trinajstić information content (AvgIpc) is 3.28. The highest BCUT2D eigenvalue weighted by Crippen LogP contribution is 2.31. The zero-order valence-electron chi connectivity index (χ0n) is 21.0. The molecule has 2 aromatic heterocycles. The van der Waals surface area contributed by atoms with Crippen molar-refractivity contribution in [3.63, 3.8) is 0 Å². The van der Waals surface area contributed by atoms with E-state index in [0.29, 0.717) is 12.4 Å². The molecule has 186 valence electrons. The van der Waals surface area contributed by atoms with Crippen LogP contribution in [0.1, 0.15) is 107 Å². The summed E-state index contributed by atoms with van der Waals surface area (Å²) in [6.45, 7) is 5.89. The molecule has 1 amide bonds. The summed E-state index contributed by atoms with van der Waals surface area (Å²) in [5.74, 6) is 0.163. The molecule has 3 rings (SSSR count). The fourth-order valence-electron chi connectivity index (χ4n) is 4.49. The van der Waals surface area contributed by atoms with Crippen molar-refractivity contribution in [2.24, 2.45) is 5.92 Å². The van der Waals surface area contributed by atoms with Gasteiger partial charge in [-0.15, -0.1) is 0 Å². The normalized spacial score (nSPS) is 15.6. The Morgan fingerprint density at radius 2 is 1.97 bits per heavy atom. The Morgan fingerprint density at radius 1 is 1.21 bits per heavy atom. The molecule has 0 radical (unpaired) electrons. The van der Waals surface area contributed by atoms with Gasteiger partial charge in [0, 0.05) is 19.2 Å². The first-order valence-electron chi connectivity index (χ1n) is 12.4. The summed E-state index contributed by atoms with van der Waals surface area (Å²) in [5.41, 5.74) is 0.209. The third-order valence-corrected chi connectivity index (χ3v) is 6.18. The van der Waals surface area contributed by atoms with Gasteiger partial charge in [-0.25, -0.2) is 0 Å². The van der Waals surface area contributed by atoms with Crippen LogP contribution in [0.25, 0.3) is 0 Å². The van der Waals surface area contributed by atoms with Gasteiger partial charge in [0.15, 0.2) is 0 Å². The number of ether oxygens (including phenoxy) is 1. The number of carbonyl (C=O) groups excluding carboxylic acids is 2. The van der Waals surface area contributed by atoms with Crippen LogP contribution in [0, 0.1) is 5.92 Å². The number of aromatic nitrogens is 3. The van der Waals surface area contributed by atoms with E-state index in [1.807, 2.05) is 39.0 Å². The summed E-state index contributed by atoms with van der Waals surface area (Å²) in [7, 11) is 1.68. The molecular weight excluding hydrogens is 432 g/mol. The SMILES string of the molecule is CN(Cc1ccccn1)C(=O)c1noc([C@H](CCCC2CCCCC2)CC(=O)OC(C)(C)C)n1. The lowest BCUT2D eigenvalue weighted by Crippen LogP contribution is -2.27. The molecule has 0 aromatic carbocycles. The van der Waals surface area contributed by atoms with Crippen LogP contribution < -0.4 is 0 Å². The third kappa shape index (κ3) is 8.22. The lowest BCUT2D eigenvalue weighted by atomic mass is 9.84. The number of amides is 1. The molecule has 8 heteroatoms. The van der Waals surface area contributed by atoms with Gasteiger partial charge in [0.2, 0.25) is 5.89 Å². The van der Waals surface area contributed by atoms with Gasteiger partial charge >= 0.3 is 5.97 Å². The minimum Gasteiger partial charge on any atom is -0.460 e. The molecule has 0 N–H and O–H groups in total. The maximum Gasteiger partial charge on any atom is 0.307 e. The zero-order valence-corrected chi connectivity index (χ0v) is 21.0. The molecule has 0 aliphatic heterocycles. The minimum absolute atomic E-state index is 0.00472. The highest BCUT2D eigenvalue weighted by Gasteiger charge is 2.28. The third-order valence-electron chi connectivity index (χ3n) is 6.18. The van der Waals surface area contributed by atoms with Crippen molar-refractivity contribution in [3.05, 3.63) is 41.8 Å². The first kappa shape index (κ1) is 25.8. The van der Waals surface area contributed by atoms with Gasteiger partial charge in [0.05, 0.1) is 18.7 Å². The van der Waals surface area contributed by atoms with E-state index in [-0.39, 0.29) is 30.0 Å². The van der Waals surface area contributed by atoms with Gasteiger partial charge in [-0.1, -0.05) is 56.2 Å². The highest BCUT2D eigenvalue weighted by atomic mass is 16.6. The van der Waals surface area contributed by atoms with E-state index in [1.54, 1.807) is 13.2 Å². The fraction of sp³-hybridized carbons (Fsp3) is 0.654. The second-order valence-corrected chi connectivity index (χ2v) is 10.4. The zero-order chi connectivity index (χ0) is 24.6. The van der Waals surface area contributed by atoms with E-state index in [0.717, 1.165) is 30.9 Å². The summed E-state index contributed by atoms with van der Waals surface area (Å²) in [4.78, 5) is 35.5. The number of nitrogens with zero attached hydrogens (tertiary/aromatic N) is 4. The summed E-state index contributed by atoms with van der Waals surface area (Å²) >= 11 is 0. The summed E-state index contributed by atoms with van der Waals surface area (Å²) < 4.78 is 11.0. The van der Waals surface area contributed by atoms with E-state index < -0.39 is 5.60 Å². The van der Waals surface area contributed by atoms with Crippen molar-refractivity contribution in [2.75, 3.05) is 7.05 Å². The monoisotopic (exact) mass is 470 g/mol. The van der Waals surface area contributed by atoms with Gasteiger partial charge in [0.1, 0.15) is 5.60 Å². The van der Waals surface area contributed by atoms with Crippen LogP contribution in [0.2, 0.25) is 0 Å². The Hall–Kier alpha value is -2.77. The van der Waals surface area contributed by atoms with Gasteiger partial charge in [-0.3, -0.25) is 14.6 Å². The molecule has 1 atom stereocenters. The molecule has 1 fully saturated rings. The Bertz CT molecular complexity index is 916. The van der Waals surface area contributed by atoms with Crippen LogP contribution in [-0.4, -0.2) is 44.5 Å². The summed E-state index contributed by atoms with van der Waals surface area (Å²) in [6, 6.07) is 5.56. The second-order valence-electron chi connectivity index (χ2n) is 10.4. The van der Waals surface area contributed by atoms with Crippen LogP contribution in [0.4, 0.5) is 0 Å². The Balaban J connectivity index is 1.65. The minimum atomic E-state index is -0.562. The molecule has 0 bridgehead atoms. The summed E-state index contributed by atoms with van der Waals surface area (Å²) in [6.07, 6.45) is 11.2. The fourth-order valence-corrected chi connectivity index (χ4v) is 4.49. The maximum atomic E-state index is 12.8. The highest BCUT2D eigenvalue weighted by molar-refractivity contribution is 5.90. The second kappa shape index (κ2) is 12.1. The number of pyridine rings is 1. The number of rotatable bonds is 10. The molecule has 1 aliphatic carbocycles. The van der Waals surface area contributed by atoms with E-state index >= 15 is 0 Å². The van der Waals surface area contributed by atoms with E-state index in [1.165, 1.54) is 37.0 Å². The Morgan fingerprint density at radius 3 is 2.65 bits per heavy atom. The van der Waals surface area contributed by atoms with E-state index in [2.05, 4.69) is 15.1 Å².